The molecule has 0 spiro atoms. The topological polar surface area (TPSA) is 70.5 Å². The largest absolute Gasteiger partial charge is 0.481 e. The summed E-state index contributed by atoms with van der Waals surface area (Å²) >= 11 is 0. The lowest BCUT2D eigenvalue weighted by Gasteiger charge is -2.16. The summed E-state index contributed by atoms with van der Waals surface area (Å²) in [5.41, 5.74) is 1.15. The van der Waals surface area contributed by atoms with E-state index in [0.29, 0.717) is 13.1 Å². The van der Waals surface area contributed by atoms with Crippen LogP contribution in [0.5, 0.6) is 0 Å². The van der Waals surface area contributed by atoms with E-state index in [1.54, 1.807) is 11.1 Å². The van der Waals surface area contributed by atoms with E-state index in [9.17, 15) is 9.59 Å². The monoisotopic (exact) mass is 284 g/mol. The van der Waals surface area contributed by atoms with Gasteiger partial charge in [-0.3, -0.25) is 14.6 Å². The van der Waals surface area contributed by atoms with E-state index in [1.165, 1.54) is 0 Å². The third kappa shape index (κ3) is 2.72. The number of nitrogens with zero attached hydrogens (tertiary/aromatic N) is 2. The Morgan fingerprint density at radius 1 is 1.38 bits per heavy atom. The van der Waals surface area contributed by atoms with Crippen molar-refractivity contribution in [2.45, 2.75) is 12.8 Å². The number of benzene rings is 1. The fourth-order valence-corrected chi connectivity index (χ4v) is 2.82. The lowest BCUT2D eigenvalue weighted by Crippen LogP contribution is -2.28. The van der Waals surface area contributed by atoms with Crippen molar-refractivity contribution in [2.24, 2.45) is 5.92 Å². The minimum atomic E-state index is -0.887. The molecule has 1 aromatic heterocycles. The third-order valence-corrected chi connectivity index (χ3v) is 3.99. The first-order valence-corrected chi connectivity index (χ1v) is 6.97. The Morgan fingerprint density at radius 3 is 3.00 bits per heavy atom. The Balaban J connectivity index is 1.73. The molecule has 1 atom stereocenters. The number of hydrogen-bond acceptors (Lipinski definition) is 3. The number of fused-ring (bicyclic) bond motifs is 1. The molecule has 5 nitrogen and oxygen atoms in total. The van der Waals surface area contributed by atoms with Crippen LogP contribution in [0.4, 0.5) is 0 Å². The van der Waals surface area contributed by atoms with Gasteiger partial charge in [0.25, 0.3) is 0 Å². The van der Waals surface area contributed by atoms with Crippen LogP contribution in [0.1, 0.15) is 12.0 Å². The molecule has 3 rings (SSSR count). The van der Waals surface area contributed by atoms with Crippen molar-refractivity contribution in [3.05, 3.63) is 42.2 Å². The second-order valence-electron chi connectivity index (χ2n) is 5.34. The van der Waals surface area contributed by atoms with E-state index in [0.717, 1.165) is 22.8 Å². The van der Waals surface area contributed by atoms with Crippen LogP contribution in [0, 0.1) is 5.92 Å². The summed E-state index contributed by atoms with van der Waals surface area (Å²) < 4.78 is 0. The minimum absolute atomic E-state index is 0.0655. The number of carbonyl (C=O) groups is 2. The van der Waals surface area contributed by atoms with E-state index in [1.807, 2.05) is 30.5 Å². The van der Waals surface area contributed by atoms with Gasteiger partial charge in [-0.2, -0.15) is 0 Å². The molecule has 0 saturated carbocycles. The SMILES string of the molecule is O=C(O)C1CC(=O)N(CCc2cccc3cnccc23)C1. The maximum absolute atomic E-state index is 11.8. The predicted octanol–water partition coefficient (Wildman–Crippen LogP) is 1.71. The maximum atomic E-state index is 11.8. The first kappa shape index (κ1) is 13.5. The summed E-state index contributed by atoms with van der Waals surface area (Å²) in [6, 6.07) is 7.99. The number of hydrogen-bond donors (Lipinski definition) is 1. The van der Waals surface area contributed by atoms with Gasteiger partial charge in [0, 0.05) is 37.3 Å². The van der Waals surface area contributed by atoms with Crippen LogP contribution in [-0.4, -0.2) is 40.0 Å². The summed E-state index contributed by atoms with van der Waals surface area (Å²) in [5, 5.41) is 11.2. The molecule has 1 aliphatic rings. The molecule has 5 heteroatoms. The molecule has 108 valence electrons. The molecule has 1 unspecified atom stereocenters. The first-order valence-electron chi connectivity index (χ1n) is 6.97. The molecule has 1 aromatic carbocycles. The van der Waals surface area contributed by atoms with Gasteiger partial charge in [-0.15, -0.1) is 0 Å². The average Bonchev–Trinajstić information content (AvgIpc) is 2.86. The number of carboxylic acid groups (broad SMARTS) is 1. The van der Waals surface area contributed by atoms with Crippen molar-refractivity contribution in [1.29, 1.82) is 0 Å². The molecule has 2 heterocycles. The van der Waals surface area contributed by atoms with Gasteiger partial charge < -0.3 is 10.0 Å². The Kier molecular flexibility index (Phi) is 3.56. The van der Waals surface area contributed by atoms with Crippen molar-refractivity contribution < 1.29 is 14.7 Å². The number of aromatic nitrogens is 1. The Labute approximate surface area is 122 Å². The molecule has 0 bridgehead atoms. The van der Waals surface area contributed by atoms with Gasteiger partial charge in [0.1, 0.15) is 0 Å². The number of aliphatic carboxylic acids is 1. The summed E-state index contributed by atoms with van der Waals surface area (Å²) in [7, 11) is 0. The Hall–Kier alpha value is -2.43. The molecule has 1 N–H and O–H groups in total. The minimum Gasteiger partial charge on any atom is -0.481 e. The highest BCUT2D eigenvalue weighted by Gasteiger charge is 2.33. The standard InChI is InChI=1S/C16H16N2O3/c19-15-8-13(16(20)21)10-18(15)7-5-11-2-1-3-12-9-17-6-4-14(11)12/h1-4,6,9,13H,5,7-8,10H2,(H,20,21). The number of likely N-dealkylation sites (tertiary alicyclic amines) is 1. The van der Waals surface area contributed by atoms with Crippen LogP contribution in [0.15, 0.2) is 36.7 Å². The molecule has 1 aliphatic heterocycles. The molecule has 21 heavy (non-hydrogen) atoms. The number of carboxylic acids is 1. The van der Waals surface area contributed by atoms with Crippen molar-refractivity contribution in [3.63, 3.8) is 0 Å². The van der Waals surface area contributed by atoms with Gasteiger partial charge in [-0.05, 0) is 23.4 Å². The summed E-state index contributed by atoms with van der Waals surface area (Å²) in [6.45, 7) is 0.880. The number of amides is 1. The third-order valence-electron chi connectivity index (χ3n) is 3.99. The van der Waals surface area contributed by atoms with Gasteiger partial charge in [0.05, 0.1) is 5.92 Å². The van der Waals surface area contributed by atoms with Gasteiger partial charge in [0.2, 0.25) is 5.91 Å². The van der Waals surface area contributed by atoms with Crippen molar-refractivity contribution in [1.82, 2.24) is 9.88 Å². The smallest absolute Gasteiger partial charge is 0.308 e. The fraction of sp³-hybridized carbons (Fsp3) is 0.312. The zero-order valence-electron chi connectivity index (χ0n) is 11.5. The molecule has 1 saturated heterocycles. The number of carbonyl (C=O) groups excluding carboxylic acids is 1. The van der Waals surface area contributed by atoms with Gasteiger partial charge in [-0.1, -0.05) is 18.2 Å². The highest BCUT2D eigenvalue weighted by molar-refractivity contribution is 5.86. The molecule has 0 radical (unpaired) electrons. The Bertz CT molecular complexity index is 693. The van der Waals surface area contributed by atoms with E-state index in [4.69, 9.17) is 5.11 Å². The van der Waals surface area contributed by atoms with Crippen LogP contribution in [0.3, 0.4) is 0 Å². The van der Waals surface area contributed by atoms with Crippen LogP contribution in [-0.2, 0) is 16.0 Å². The Morgan fingerprint density at radius 2 is 2.24 bits per heavy atom. The van der Waals surface area contributed by atoms with Crippen LogP contribution in [0.2, 0.25) is 0 Å². The first-order chi connectivity index (χ1) is 10.1. The molecule has 1 amide bonds. The highest BCUT2D eigenvalue weighted by atomic mass is 16.4. The summed E-state index contributed by atoms with van der Waals surface area (Å²) in [4.78, 5) is 28.5. The zero-order valence-corrected chi connectivity index (χ0v) is 11.5. The zero-order chi connectivity index (χ0) is 14.8. The van der Waals surface area contributed by atoms with E-state index < -0.39 is 11.9 Å². The molecule has 2 aromatic rings. The maximum Gasteiger partial charge on any atom is 0.308 e. The fourth-order valence-electron chi connectivity index (χ4n) is 2.82. The predicted molar refractivity (Wildman–Crippen MR) is 77.8 cm³/mol. The van der Waals surface area contributed by atoms with E-state index in [2.05, 4.69) is 4.98 Å². The quantitative estimate of drug-likeness (QED) is 0.928. The van der Waals surface area contributed by atoms with Gasteiger partial charge in [0.15, 0.2) is 0 Å². The van der Waals surface area contributed by atoms with Crippen LogP contribution < -0.4 is 0 Å². The summed E-state index contributed by atoms with van der Waals surface area (Å²) in [5.74, 6) is -1.51. The van der Waals surface area contributed by atoms with Crippen LogP contribution >= 0.6 is 0 Å². The van der Waals surface area contributed by atoms with Crippen molar-refractivity contribution in [2.75, 3.05) is 13.1 Å². The van der Waals surface area contributed by atoms with Gasteiger partial charge >= 0.3 is 5.97 Å². The number of rotatable bonds is 4. The van der Waals surface area contributed by atoms with E-state index in [-0.39, 0.29) is 12.3 Å². The lowest BCUT2D eigenvalue weighted by atomic mass is 10.0. The van der Waals surface area contributed by atoms with Crippen molar-refractivity contribution >= 4 is 22.6 Å². The molecule has 0 aliphatic carbocycles. The normalized spacial score (nSPS) is 18.4. The van der Waals surface area contributed by atoms with Crippen molar-refractivity contribution in [3.8, 4) is 0 Å². The second kappa shape index (κ2) is 5.52. The lowest BCUT2D eigenvalue weighted by molar-refractivity contribution is -0.141. The van der Waals surface area contributed by atoms with Crippen LogP contribution in [0.25, 0.3) is 10.8 Å². The highest BCUT2D eigenvalue weighted by Crippen LogP contribution is 2.21. The molecule has 1 fully saturated rings. The van der Waals surface area contributed by atoms with E-state index >= 15 is 0 Å². The summed E-state index contributed by atoms with van der Waals surface area (Å²) in [6.07, 6.45) is 4.42. The molecular weight excluding hydrogens is 268 g/mol. The number of pyridine rings is 1. The second-order valence-corrected chi connectivity index (χ2v) is 5.34. The average molecular weight is 284 g/mol. The molecular formula is C16H16N2O3. The van der Waals surface area contributed by atoms with Gasteiger partial charge in [-0.25, -0.2) is 0 Å².